The maximum atomic E-state index is 10.5. The Balaban J connectivity index is 2.80. The number of benzene rings is 1. The van der Waals surface area contributed by atoms with Crippen molar-refractivity contribution < 1.29 is 20.1 Å². The summed E-state index contributed by atoms with van der Waals surface area (Å²) in [6.07, 6.45) is 3.04. The van der Waals surface area contributed by atoms with Gasteiger partial charge in [-0.05, 0) is 59.0 Å². The molecule has 110 valence electrons. The molecule has 0 saturated carbocycles. The van der Waals surface area contributed by atoms with E-state index in [1.807, 2.05) is 13.8 Å². The summed E-state index contributed by atoms with van der Waals surface area (Å²) in [6.45, 7) is 3.79. The lowest BCUT2D eigenvalue weighted by molar-refractivity contribution is -0.131. The minimum absolute atomic E-state index is 0.0760. The Morgan fingerprint density at radius 2 is 2.10 bits per heavy atom. The van der Waals surface area contributed by atoms with Crippen LogP contribution in [0.25, 0.3) is 0 Å². The molecule has 0 fully saturated rings. The normalized spacial score (nSPS) is 13.6. The average Bonchev–Trinajstić information content (AvgIpc) is 2.36. The number of carbonyl (C=O) groups is 1. The van der Waals surface area contributed by atoms with E-state index in [9.17, 15) is 15.0 Å². The molecule has 0 aromatic heterocycles. The molecule has 0 radical (unpaired) electrons. The standard InChI is InChI=1S/C15H19IO4/c1-15(2,8-4-3-5-13(18)19)14(20)11-9-10(16)6-7-12(11)17/h3,5-7,9,14,17,20H,4,8H2,1-2H3,(H,18,19)/b5-3+/t14-/m0/s1. The zero-order valence-corrected chi connectivity index (χ0v) is 13.7. The van der Waals surface area contributed by atoms with Crippen LogP contribution in [0.3, 0.4) is 0 Å². The van der Waals surface area contributed by atoms with Gasteiger partial charge in [0.05, 0.1) is 6.10 Å². The van der Waals surface area contributed by atoms with Crippen LogP contribution in [0.4, 0.5) is 0 Å². The Morgan fingerprint density at radius 1 is 1.45 bits per heavy atom. The predicted molar refractivity (Wildman–Crippen MR) is 85.6 cm³/mol. The Morgan fingerprint density at radius 3 is 2.70 bits per heavy atom. The van der Waals surface area contributed by atoms with Gasteiger partial charge in [0.25, 0.3) is 0 Å². The molecule has 1 rings (SSSR count). The summed E-state index contributed by atoms with van der Waals surface area (Å²) in [6, 6.07) is 5.10. The van der Waals surface area contributed by atoms with Crippen LogP contribution in [0.15, 0.2) is 30.4 Å². The zero-order chi connectivity index (χ0) is 15.3. The molecule has 0 heterocycles. The lowest BCUT2D eigenvalue weighted by atomic mass is 9.78. The minimum atomic E-state index is -0.974. The van der Waals surface area contributed by atoms with E-state index >= 15 is 0 Å². The number of carboxylic acids is 1. The number of phenolic OH excluding ortho intramolecular Hbond substituents is 1. The van der Waals surface area contributed by atoms with Crippen molar-refractivity contribution in [2.24, 2.45) is 5.41 Å². The Kier molecular flexibility index (Phi) is 6.01. The van der Waals surface area contributed by atoms with Crippen molar-refractivity contribution in [2.45, 2.75) is 32.8 Å². The van der Waals surface area contributed by atoms with E-state index in [1.165, 1.54) is 0 Å². The second-order valence-electron chi connectivity index (χ2n) is 5.37. The Hall–Kier alpha value is -1.08. The third-order valence-electron chi connectivity index (χ3n) is 3.24. The smallest absolute Gasteiger partial charge is 0.327 e. The first-order valence-electron chi connectivity index (χ1n) is 6.30. The zero-order valence-electron chi connectivity index (χ0n) is 11.5. The first kappa shape index (κ1) is 17.0. The molecule has 1 aromatic rings. The van der Waals surface area contributed by atoms with Crippen molar-refractivity contribution in [3.05, 3.63) is 39.5 Å². The highest BCUT2D eigenvalue weighted by atomic mass is 127. The summed E-state index contributed by atoms with van der Waals surface area (Å²) in [5.74, 6) is -0.898. The van der Waals surface area contributed by atoms with Crippen LogP contribution in [0, 0.1) is 8.99 Å². The number of rotatable bonds is 6. The van der Waals surface area contributed by atoms with Crippen molar-refractivity contribution in [3.8, 4) is 5.75 Å². The maximum Gasteiger partial charge on any atom is 0.327 e. The molecule has 0 aliphatic heterocycles. The van der Waals surface area contributed by atoms with E-state index in [4.69, 9.17) is 5.11 Å². The van der Waals surface area contributed by atoms with Gasteiger partial charge in [0.2, 0.25) is 0 Å². The lowest BCUT2D eigenvalue weighted by Crippen LogP contribution is -2.22. The number of aliphatic hydroxyl groups excluding tert-OH is 1. The molecule has 1 aromatic carbocycles. The minimum Gasteiger partial charge on any atom is -0.508 e. The van der Waals surface area contributed by atoms with Crippen molar-refractivity contribution >= 4 is 28.6 Å². The van der Waals surface area contributed by atoms with E-state index < -0.39 is 17.5 Å². The summed E-state index contributed by atoms with van der Waals surface area (Å²) < 4.78 is 0.941. The van der Waals surface area contributed by atoms with Gasteiger partial charge in [-0.15, -0.1) is 0 Å². The highest BCUT2D eigenvalue weighted by molar-refractivity contribution is 14.1. The number of halogens is 1. The molecule has 1 atom stereocenters. The van der Waals surface area contributed by atoms with Crippen molar-refractivity contribution in [3.63, 3.8) is 0 Å². The molecule has 20 heavy (non-hydrogen) atoms. The van der Waals surface area contributed by atoms with E-state index in [1.54, 1.807) is 24.3 Å². The van der Waals surface area contributed by atoms with Gasteiger partial charge in [-0.25, -0.2) is 4.79 Å². The molecule has 0 bridgehead atoms. The summed E-state index contributed by atoms with van der Waals surface area (Å²) in [4.78, 5) is 10.4. The highest BCUT2D eigenvalue weighted by Crippen LogP contribution is 2.41. The molecule has 3 N–H and O–H groups in total. The number of phenols is 1. The lowest BCUT2D eigenvalue weighted by Gasteiger charge is -2.31. The van der Waals surface area contributed by atoms with Gasteiger partial charge in [0, 0.05) is 15.2 Å². The molecule has 5 heteroatoms. The number of aliphatic hydroxyl groups is 1. The topological polar surface area (TPSA) is 77.8 Å². The predicted octanol–water partition coefficient (Wildman–Crippen LogP) is 3.48. The number of aromatic hydroxyl groups is 1. The first-order chi connectivity index (χ1) is 9.24. The van der Waals surface area contributed by atoms with E-state index in [-0.39, 0.29) is 5.75 Å². The summed E-state index contributed by atoms with van der Waals surface area (Å²) in [5, 5.41) is 28.8. The number of hydrogen-bond acceptors (Lipinski definition) is 3. The van der Waals surface area contributed by atoms with E-state index in [0.29, 0.717) is 18.4 Å². The van der Waals surface area contributed by atoms with Crippen LogP contribution in [-0.4, -0.2) is 21.3 Å². The fourth-order valence-corrected chi connectivity index (χ4v) is 2.46. The molecule has 0 spiro atoms. The number of aliphatic carboxylic acids is 1. The number of allylic oxidation sites excluding steroid dienone is 1. The maximum absolute atomic E-state index is 10.5. The van der Waals surface area contributed by atoms with E-state index in [2.05, 4.69) is 22.6 Å². The van der Waals surface area contributed by atoms with Crippen LogP contribution in [0.2, 0.25) is 0 Å². The van der Waals surface area contributed by atoms with Gasteiger partial charge in [-0.2, -0.15) is 0 Å². The molecule has 0 unspecified atom stereocenters. The van der Waals surface area contributed by atoms with E-state index in [0.717, 1.165) is 9.65 Å². The van der Waals surface area contributed by atoms with Crippen LogP contribution in [-0.2, 0) is 4.79 Å². The summed E-state index contributed by atoms with van der Waals surface area (Å²) in [5.41, 5.74) is 0.0363. The fourth-order valence-electron chi connectivity index (χ4n) is 1.94. The molecule has 0 amide bonds. The molecule has 0 aliphatic rings. The van der Waals surface area contributed by atoms with Crippen LogP contribution < -0.4 is 0 Å². The third-order valence-corrected chi connectivity index (χ3v) is 3.91. The number of hydrogen-bond donors (Lipinski definition) is 3. The van der Waals surface area contributed by atoms with Crippen molar-refractivity contribution in [1.82, 2.24) is 0 Å². The van der Waals surface area contributed by atoms with Crippen LogP contribution in [0.5, 0.6) is 5.75 Å². The Bertz CT molecular complexity index is 509. The van der Waals surface area contributed by atoms with Crippen molar-refractivity contribution in [1.29, 1.82) is 0 Å². The van der Waals surface area contributed by atoms with Crippen molar-refractivity contribution in [2.75, 3.05) is 0 Å². The molecular weight excluding hydrogens is 371 g/mol. The van der Waals surface area contributed by atoms with Gasteiger partial charge in [0.15, 0.2) is 0 Å². The fraction of sp³-hybridized carbons (Fsp3) is 0.400. The average molecular weight is 390 g/mol. The molecule has 0 saturated heterocycles. The number of carboxylic acid groups (broad SMARTS) is 1. The largest absolute Gasteiger partial charge is 0.508 e. The third kappa shape index (κ3) is 4.79. The van der Waals surface area contributed by atoms with Crippen LogP contribution in [0.1, 0.15) is 38.4 Å². The van der Waals surface area contributed by atoms with Gasteiger partial charge >= 0.3 is 5.97 Å². The quantitative estimate of drug-likeness (QED) is 0.514. The molecule has 4 nitrogen and oxygen atoms in total. The van der Waals surface area contributed by atoms with Gasteiger partial charge in [-0.3, -0.25) is 0 Å². The highest BCUT2D eigenvalue weighted by Gasteiger charge is 2.30. The summed E-state index contributed by atoms with van der Waals surface area (Å²) >= 11 is 2.13. The SMILES string of the molecule is CC(C)(CC/C=C/C(=O)O)[C@@H](O)c1cc(I)ccc1O. The second-order valence-corrected chi connectivity index (χ2v) is 6.62. The summed E-state index contributed by atoms with van der Waals surface area (Å²) in [7, 11) is 0. The Labute approximate surface area is 132 Å². The van der Waals surface area contributed by atoms with Gasteiger partial charge in [0.1, 0.15) is 5.75 Å². The van der Waals surface area contributed by atoms with Crippen LogP contribution >= 0.6 is 22.6 Å². The second kappa shape index (κ2) is 7.08. The molecule has 0 aliphatic carbocycles. The monoisotopic (exact) mass is 390 g/mol. The van der Waals surface area contributed by atoms with Gasteiger partial charge < -0.3 is 15.3 Å². The van der Waals surface area contributed by atoms with Gasteiger partial charge in [-0.1, -0.05) is 19.9 Å². The molecular formula is C15H19IO4. The first-order valence-corrected chi connectivity index (χ1v) is 7.38.